The van der Waals surface area contributed by atoms with Crippen LogP contribution in [0.2, 0.25) is 0 Å². The molecule has 1 aliphatic rings. The Hall–Kier alpha value is -1.73. The fourth-order valence-corrected chi connectivity index (χ4v) is 3.60. The fourth-order valence-electron chi connectivity index (χ4n) is 2.72. The van der Waals surface area contributed by atoms with Crippen molar-refractivity contribution in [3.8, 4) is 0 Å². The van der Waals surface area contributed by atoms with E-state index < -0.39 is 0 Å². The van der Waals surface area contributed by atoms with Gasteiger partial charge >= 0.3 is 0 Å². The molecule has 3 rings (SSSR count). The van der Waals surface area contributed by atoms with E-state index in [1.165, 1.54) is 4.88 Å². The van der Waals surface area contributed by atoms with Gasteiger partial charge in [0.25, 0.3) is 0 Å². The summed E-state index contributed by atoms with van der Waals surface area (Å²) in [4.78, 5) is 18.1. The molecule has 0 aliphatic carbocycles. The number of nitrogens with zero attached hydrogens (tertiary/aromatic N) is 3. The molecule has 0 bridgehead atoms. The first-order chi connectivity index (χ1) is 10.6. The van der Waals surface area contributed by atoms with Crippen molar-refractivity contribution >= 4 is 17.2 Å². The van der Waals surface area contributed by atoms with Crippen LogP contribution in [0.15, 0.2) is 12.3 Å². The van der Waals surface area contributed by atoms with Crippen molar-refractivity contribution in [3.05, 3.63) is 33.5 Å². The lowest BCUT2D eigenvalue weighted by atomic mass is 9.98. The molecule has 0 radical (unpaired) electrons. The summed E-state index contributed by atoms with van der Waals surface area (Å²) in [6.07, 6.45) is 2.25. The minimum absolute atomic E-state index is 0.0224. The van der Waals surface area contributed by atoms with Crippen LogP contribution in [-0.4, -0.2) is 27.3 Å². The maximum Gasteiger partial charge on any atom is 0.226 e. The second-order valence-electron chi connectivity index (χ2n) is 5.53. The molecule has 2 aromatic heterocycles. The highest BCUT2D eigenvalue weighted by Gasteiger charge is 2.36. The van der Waals surface area contributed by atoms with Gasteiger partial charge in [-0.3, -0.25) is 9.48 Å². The first kappa shape index (κ1) is 15.2. The van der Waals surface area contributed by atoms with Crippen LogP contribution in [0.1, 0.15) is 33.8 Å². The molecule has 1 fully saturated rings. The molecule has 0 saturated carbocycles. The molecule has 1 amide bonds. The van der Waals surface area contributed by atoms with Crippen LogP contribution in [0.25, 0.3) is 0 Å². The number of amides is 1. The quantitative estimate of drug-likeness (QED) is 0.934. The Morgan fingerprint density at radius 1 is 1.55 bits per heavy atom. The third-order valence-electron chi connectivity index (χ3n) is 4.07. The highest BCUT2D eigenvalue weighted by molar-refractivity contribution is 7.11. The van der Waals surface area contributed by atoms with Gasteiger partial charge in [-0.2, -0.15) is 5.10 Å². The van der Waals surface area contributed by atoms with Gasteiger partial charge in [0.2, 0.25) is 5.91 Å². The van der Waals surface area contributed by atoms with E-state index in [9.17, 15) is 4.79 Å². The molecule has 6 nitrogen and oxygen atoms in total. The zero-order chi connectivity index (χ0) is 15.7. The van der Waals surface area contributed by atoms with Crippen molar-refractivity contribution in [1.82, 2.24) is 20.1 Å². The summed E-state index contributed by atoms with van der Waals surface area (Å²) >= 11 is 1.63. The molecule has 22 heavy (non-hydrogen) atoms. The van der Waals surface area contributed by atoms with Gasteiger partial charge in [0.05, 0.1) is 23.9 Å². The van der Waals surface area contributed by atoms with Crippen LogP contribution in [0.3, 0.4) is 0 Å². The smallest absolute Gasteiger partial charge is 0.226 e. The summed E-state index contributed by atoms with van der Waals surface area (Å²) in [6, 6.07) is 1.91. The number of carbonyl (C=O) groups excluding carboxylic acids is 1. The Balaban J connectivity index is 1.65. The Kier molecular flexibility index (Phi) is 4.26. The monoisotopic (exact) mass is 320 g/mol. The number of nitrogens with one attached hydrogen (secondary N) is 1. The van der Waals surface area contributed by atoms with E-state index in [-0.39, 0.29) is 17.9 Å². The lowest BCUT2D eigenvalue weighted by molar-refractivity contribution is -0.127. The van der Waals surface area contributed by atoms with E-state index >= 15 is 0 Å². The van der Waals surface area contributed by atoms with Gasteiger partial charge in [-0.05, 0) is 26.3 Å². The van der Waals surface area contributed by atoms with E-state index in [0.29, 0.717) is 13.2 Å². The molecule has 2 aromatic rings. The van der Waals surface area contributed by atoms with Crippen LogP contribution in [-0.2, 0) is 23.1 Å². The van der Waals surface area contributed by atoms with Crippen molar-refractivity contribution in [2.45, 2.75) is 32.9 Å². The van der Waals surface area contributed by atoms with Gasteiger partial charge in [0.1, 0.15) is 11.1 Å². The van der Waals surface area contributed by atoms with Crippen LogP contribution in [0.4, 0.5) is 0 Å². The number of rotatable bonds is 4. The normalized spacial score (nSPS) is 21.2. The van der Waals surface area contributed by atoms with Gasteiger partial charge in [-0.1, -0.05) is 0 Å². The average molecular weight is 320 g/mol. The fraction of sp³-hybridized carbons (Fsp3) is 0.533. The molecule has 0 unspecified atom stereocenters. The number of aryl methyl sites for hydroxylation is 3. The molecule has 7 heteroatoms. The van der Waals surface area contributed by atoms with Crippen molar-refractivity contribution in [1.29, 1.82) is 0 Å². The number of hydrogen-bond acceptors (Lipinski definition) is 5. The predicted molar refractivity (Wildman–Crippen MR) is 83.4 cm³/mol. The molecule has 0 spiro atoms. The predicted octanol–water partition coefficient (Wildman–Crippen LogP) is 1.89. The van der Waals surface area contributed by atoms with Gasteiger partial charge in [-0.15, -0.1) is 11.3 Å². The Bertz CT molecular complexity index is 659. The second-order valence-corrected chi connectivity index (χ2v) is 6.82. The van der Waals surface area contributed by atoms with Crippen molar-refractivity contribution < 1.29 is 9.53 Å². The van der Waals surface area contributed by atoms with Crippen LogP contribution in [0, 0.1) is 19.8 Å². The molecule has 2 atom stereocenters. The van der Waals surface area contributed by atoms with Gasteiger partial charge in [0, 0.05) is 24.7 Å². The first-order valence-electron chi connectivity index (χ1n) is 7.36. The Morgan fingerprint density at radius 3 is 3.00 bits per heavy atom. The minimum atomic E-state index is -0.215. The van der Waals surface area contributed by atoms with E-state index in [1.807, 2.05) is 27.0 Å². The molecule has 0 aromatic carbocycles. The van der Waals surface area contributed by atoms with Crippen LogP contribution >= 0.6 is 11.3 Å². The summed E-state index contributed by atoms with van der Waals surface area (Å²) in [5.41, 5.74) is 1.98. The van der Waals surface area contributed by atoms with Gasteiger partial charge in [0.15, 0.2) is 0 Å². The highest BCUT2D eigenvalue weighted by Crippen LogP contribution is 2.34. The molecule has 1 N–H and O–H groups in total. The Morgan fingerprint density at radius 2 is 2.36 bits per heavy atom. The molecular weight excluding hydrogens is 300 g/mol. The summed E-state index contributed by atoms with van der Waals surface area (Å²) in [5.74, 6) is -0.147. The van der Waals surface area contributed by atoms with E-state index in [1.54, 1.807) is 22.2 Å². The van der Waals surface area contributed by atoms with Crippen LogP contribution in [0.5, 0.6) is 0 Å². The molecule has 3 heterocycles. The maximum atomic E-state index is 12.5. The van der Waals surface area contributed by atoms with Crippen molar-refractivity contribution in [3.63, 3.8) is 0 Å². The largest absolute Gasteiger partial charge is 0.371 e. The summed E-state index contributed by atoms with van der Waals surface area (Å²) in [7, 11) is 1.87. The first-order valence-corrected chi connectivity index (χ1v) is 8.18. The zero-order valence-corrected chi connectivity index (χ0v) is 13.8. The summed E-state index contributed by atoms with van der Waals surface area (Å²) < 4.78 is 7.52. The Labute approximate surface area is 133 Å². The number of ether oxygens (including phenoxy) is 1. The molecular formula is C15H20N4O2S. The number of hydrogen-bond donors (Lipinski definition) is 1. The molecule has 1 aliphatic heterocycles. The average Bonchev–Trinajstić information content (AvgIpc) is 3.17. The van der Waals surface area contributed by atoms with E-state index in [4.69, 9.17) is 4.74 Å². The van der Waals surface area contributed by atoms with Gasteiger partial charge < -0.3 is 10.1 Å². The summed E-state index contributed by atoms with van der Waals surface area (Å²) in [6.45, 7) is 5.11. The number of carbonyl (C=O) groups is 1. The lowest BCUT2D eigenvalue weighted by Crippen LogP contribution is -2.32. The third kappa shape index (κ3) is 2.91. The minimum Gasteiger partial charge on any atom is -0.371 e. The van der Waals surface area contributed by atoms with E-state index in [2.05, 4.69) is 15.4 Å². The highest BCUT2D eigenvalue weighted by atomic mass is 32.1. The lowest BCUT2D eigenvalue weighted by Gasteiger charge is -2.18. The van der Waals surface area contributed by atoms with Crippen molar-refractivity contribution in [2.75, 3.05) is 6.61 Å². The van der Waals surface area contributed by atoms with Crippen LogP contribution < -0.4 is 5.32 Å². The maximum absolute atomic E-state index is 12.5. The van der Waals surface area contributed by atoms with Crippen molar-refractivity contribution in [2.24, 2.45) is 13.0 Å². The zero-order valence-electron chi connectivity index (χ0n) is 13.0. The standard InChI is InChI=1S/C15H20N4O2S/c1-9-10(2)22-13(18-9)8-16-15(20)11-5-7-21-14(11)12-4-6-17-19(12)3/h4,6,11,14H,5,7-8H2,1-3H3,(H,16,20)/t11-,14-/m1/s1. The van der Waals surface area contributed by atoms with E-state index in [0.717, 1.165) is 22.8 Å². The third-order valence-corrected chi connectivity index (χ3v) is 5.14. The topological polar surface area (TPSA) is 69.0 Å². The molecule has 1 saturated heterocycles. The number of thiazole rings is 1. The second kappa shape index (κ2) is 6.18. The molecule has 118 valence electrons. The summed E-state index contributed by atoms with van der Waals surface area (Å²) in [5, 5.41) is 8.09. The number of aromatic nitrogens is 3. The SMILES string of the molecule is Cc1nc(CNC(=O)[C@@H]2CCO[C@H]2c2ccnn2C)sc1C. The van der Waals surface area contributed by atoms with Gasteiger partial charge in [-0.25, -0.2) is 4.98 Å².